The summed E-state index contributed by atoms with van der Waals surface area (Å²) < 4.78 is 17.4. The molecule has 1 aromatic heterocycles. The summed E-state index contributed by atoms with van der Waals surface area (Å²) in [4.78, 5) is 39.9. The number of carbonyl (C=O) groups excluding carboxylic acids is 1. The molecule has 0 aliphatic carbocycles. The molecule has 2 aromatic rings. The zero-order valence-electron chi connectivity index (χ0n) is 15.6. The Hall–Kier alpha value is -3.49. The van der Waals surface area contributed by atoms with E-state index in [9.17, 15) is 14.4 Å². The van der Waals surface area contributed by atoms with Crippen molar-refractivity contribution < 1.29 is 19.0 Å². The first kappa shape index (κ1) is 17.9. The maximum Gasteiger partial charge on any atom is 0.337 e. The predicted octanol–water partition coefficient (Wildman–Crippen LogP) is 0.942. The lowest BCUT2D eigenvalue weighted by Gasteiger charge is -2.28. The molecule has 2 aliphatic rings. The Labute approximate surface area is 159 Å². The van der Waals surface area contributed by atoms with Crippen molar-refractivity contribution in [1.82, 2.24) is 9.55 Å². The van der Waals surface area contributed by atoms with Crippen LogP contribution in [0.2, 0.25) is 0 Å². The molecule has 146 valence electrons. The van der Waals surface area contributed by atoms with Crippen LogP contribution in [0, 0.1) is 0 Å². The fourth-order valence-electron chi connectivity index (χ4n) is 3.76. The molecule has 0 unspecified atom stereocenters. The van der Waals surface area contributed by atoms with E-state index in [0.717, 1.165) is 0 Å². The highest BCUT2D eigenvalue weighted by molar-refractivity contribution is 5.97. The molecule has 0 spiro atoms. The van der Waals surface area contributed by atoms with Crippen LogP contribution in [0.1, 0.15) is 24.0 Å². The van der Waals surface area contributed by atoms with Gasteiger partial charge in [0.2, 0.25) is 0 Å². The van der Waals surface area contributed by atoms with Gasteiger partial charge in [0.1, 0.15) is 23.9 Å². The van der Waals surface area contributed by atoms with Gasteiger partial charge in [0.25, 0.3) is 5.56 Å². The zero-order chi connectivity index (χ0) is 20.0. The highest BCUT2D eigenvalue weighted by Crippen LogP contribution is 2.45. The number of carbonyl (C=O) groups is 1. The smallest absolute Gasteiger partial charge is 0.337 e. The number of anilines is 1. The zero-order valence-corrected chi connectivity index (χ0v) is 15.6. The summed E-state index contributed by atoms with van der Waals surface area (Å²) in [5.74, 6) is 0.132. The molecule has 1 atom stereocenters. The number of ether oxygens (including phenoxy) is 3. The van der Waals surface area contributed by atoms with Crippen molar-refractivity contribution in [2.75, 3.05) is 26.1 Å². The summed E-state index contributed by atoms with van der Waals surface area (Å²) in [7, 11) is 3.04. The number of benzene rings is 1. The monoisotopic (exact) mass is 385 g/mol. The number of hydrogen-bond acceptors (Lipinski definition) is 7. The number of methoxy groups -OCH3 is 2. The Kier molecular flexibility index (Phi) is 4.21. The van der Waals surface area contributed by atoms with Crippen LogP contribution in [0.4, 0.5) is 5.82 Å². The van der Waals surface area contributed by atoms with Crippen LogP contribution in [0.5, 0.6) is 11.5 Å². The number of aromatic amines is 1. The standard InChI is InChI=1S/C19H19N3O6/c1-4-22-16-15(17(23)21-19(22)25)13(14-11(20-16)8-28-18(14)24)10-6-5-9(26-2)7-12(10)27-3/h5-7,13,20H,4,8H2,1-3H3,(H,21,23,25)/t13-/m1/s1. The fraction of sp³-hybridized carbons (Fsp3) is 0.316. The van der Waals surface area contributed by atoms with Gasteiger partial charge in [-0.2, -0.15) is 0 Å². The predicted molar refractivity (Wildman–Crippen MR) is 100.0 cm³/mol. The summed E-state index contributed by atoms with van der Waals surface area (Å²) in [6.45, 7) is 2.19. The first-order valence-corrected chi connectivity index (χ1v) is 8.76. The minimum absolute atomic E-state index is 0.0489. The average molecular weight is 385 g/mol. The Balaban J connectivity index is 2.05. The van der Waals surface area contributed by atoms with Gasteiger partial charge < -0.3 is 19.5 Å². The van der Waals surface area contributed by atoms with Crippen molar-refractivity contribution in [2.45, 2.75) is 19.4 Å². The molecule has 28 heavy (non-hydrogen) atoms. The molecule has 3 heterocycles. The third kappa shape index (κ3) is 2.50. The van der Waals surface area contributed by atoms with Crippen molar-refractivity contribution in [3.8, 4) is 11.5 Å². The van der Waals surface area contributed by atoms with Crippen LogP contribution in [-0.4, -0.2) is 36.3 Å². The molecule has 0 bridgehead atoms. The summed E-state index contributed by atoms with van der Waals surface area (Å²) in [5.41, 5.74) is 0.655. The van der Waals surface area contributed by atoms with Crippen LogP contribution in [-0.2, 0) is 16.1 Å². The molecule has 0 radical (unpaired) electrons. The maximum absolute atomic E-state index is 12.8. The van der Waals surface area contributed by atoms with E-state index in [0.29, 0.717) is 40.7 Å². The number of aromatic nitrogens is 2. The van der Waals surface area contributed by atoms with Gasteiger partial charge >= 0.3 is 11.7 Å². The van der Waals surface area contributed by atoms with Crippen molar-refractivity contribution in [2.24, 2.45) is 0 Å². The van der Waals surface area contributed by atoms with Gasteiger partial charge in [0.15, 0.2) is 0 Å². The van der Waals surface area contributed by atoms with E-state index in [-0.39, 0.29) is 12.2 Å². The van der Waals surface area contributed by atoms with E-state index in [4.69, 9.17) is 14.2 Å². The SMILES string of the molecule is CCn1c2c(c(=O)[nH]c1=O)[C@H](c1ccc(OC)cc1OC)C1=C(COC1=O)N2. The van der Waals surface area contributed by atoms with Gasteiger partial charge in [0.05, 0.1) is 37.0 Å². The first-order chi connectivity index (χ1) is 13.5. The Bertz CT molecular complexity index is 1130. The highest BCUT2D eigenvalue weighted by Gasteiger charge is 2.42. The van der Waals surface area contributed by atoms with E-state index in [2.05, 4.69) is 10.3 Å². The third-order valence-corrected chi connectivity index (χ3v) is 5.04. The van der Waals surface area contributed by atoms with Gasteiger partial charge in [-0.1, -0.05) is 6.07 Å². The second-order valence-electron chi connectivity index (χ2n) is 6.40. The van der Waals surface area contributed by atoms with Gasteiger partial charge in [-0.3, -0.25) is 14.3 Å². The molecular weight excluding hydrogens is 366 g/mol. The molecule has 1 aromatic carbocycles. The Morgan fingerprint density at radius 2 is 2.00 bits per heavy atom. The van der Waals surface area contributed by atoms with Crippen molar-refractivity contribution in [3.63, 3.8) is 0 Å². The van der Waals surface area contributed by atoms with Crippen LogP contribution < -0.4 is 26.0 Å². The molecule has 0 amide bonds. The van der Waals surface area contributed by atoms with E-state index in [1.165, 1.54) is 18.8 Å². The molecule has 9 heteroatoms. The molecule has 2 aliphatic heterocycles. The fourth-order valence-corrected chi connectivity index (χ4v) is 3.76. The maximum atomic E-state index is 12.8. The number of H-pyrrole nitrogens is 1. The van der Waals surface area contributed by atoms with E-state index < -0.39 is 23.1 Å². The number of esters is 1. The van der Waals surface area contributed by atoms with Gasteiger partial charge in [-0.15, -0.1) is 0 Å². The molecule has 0 fully saturated rings. The number of nitrogens with zero attached hydrogens (tertiary/aromatic N) is 1. The number of hydrogen-bond donors (Lipinski definition) is 2. The van der Waals surface area contributed by atoms with Crippen LogP contribution in [0.15, 0.2) is 39.1 Å². The van der Waals surface area contributed by atoms with E-state index in [1.54, 1.807) is 25.1 Å². The van der Waals surface area contributed by atoms with Crippen LogP contribution in [0.25, 0.3) is 0 Å². The average Bonchev–Trinajstić information content (AvgIpc) is 3.07. The molecule has 4 rings (SSSR count). The molecular formula is C19H19N3O6. The van der Waals surface area contributed by atoms with Crippen molar-refractivity contribution >= 4 is 11.8 Å². The summed E-state index contributed by atoms with van der Waals surface area (Å²) >= 11 is 0. The lowest BCUT2D eigenvalue weighted by Crippen LogP contribution is -2.38. The summed E-state index contributed by atoms with van der Waals surface area (Å²) in [5, 5.41) is 3.06. The van der Waals surface area contributed by atoms with Crippen molar-refractivity contribution in [3.05, 3.63) is 61.4 Å². The van der Waals surface area contributed by atoms with Crippen LogP contribution >= 0.6 is 0 Å². The van der Waals surface area contributed by atoms with Crippen LogP contribution in [0.3, 0.4) is 0 Å². The molecule has 9 nitrogen and oxygen atoms in total. The molecule has 0 saturated heterocycles. The minimum atomic E-state index is -0.746. The quantitative estimate of drug-likeness (QED) is 0.754. The normalized spacial score (nSPS) is 17.5. The third-order valence-electron chi connectivity index (χ3n) is 5.04. The topological polar surface area (TPSA) is 112 Å². The van der Waals surface area contributed by atoms with E-state index in [1.807, 2.05) is 0 Å². The summed E-state index contributed by atoms with van der Waals surface area (Å²) in [6.07, 6.45) is 0. The van der Waals surface area contributed by atoms with Gasteiger partial charge in [-0.05, 0) is 13.0 Å². The molecule has 2 N–H and O–H groups in total. The summed E-state index contributed by atoms with van der Waals surface area (Å²) in [6, 6.07) is 5.15. The van der Waals surface area contributed by atoms with Crippen molar-refractivity contribution in [1.29, 1.82) is 0 Å². The number of fused-ring (bicyclic) bond motifs is 1. The Morgan fingerprint density at radius 1 is 1.21 bits per heavy atom. The largest absolute Gasteiger partial charge is 0.497 e. The number of rotatable bonds is 4. The Morgan fingerprint density at radius 3 is 2.68 bits per heavy atom. The minimum Gasteiger partial charge on any atom is -0.497 e. The highest BCUT2D eigenvalue weighted by atomic mass is 16.5. The van der Waals surface area contributed by atoms with E-state index >= 15 is 0 Å². The second kappa shape index (κ2) is 6.59. The lowest BCUT2D eigenvalue weighted by molar-refractivity contribution is -0.136. The lowest BCUT2D eigenvalue weighted by atomic mass is 9.82. The van der Waals surface area contributed by atoms with Gasteiger partial charge in [0, 0.05) is 18.2 Å². The number of cyclic esters (lactones) is 1. The first-order valence-electron chi connectivity index (χ1n) is 8.76. The second-order valence-corrected chi connectivity index (χ2v) is 6.40. The number of nitrogens with one attached hydrogen (secondary N) is 2. The van der Waals surface area contributed by atoms with Gasteiger partial charge in [-0.25, -0.2) is 9.59 Å². The molecule has 0 saturated carbocycles.